The fraction of sp³-hybridized carbons (Fsp3) is 0.708. The molecule has 3 unspecified atom stereocenters. The summed E-state index contributed by atoms with van der Waals surface area (Å²) < 4.78 is 23.8. The summed E-state index contributed by atoms with van der Waals surface area (Å²) in [6.07, 6.45) is 91.8. The summed E-state index contributed by atoms with van der Waals surface area (Å²) in [4.78, 5) is 23.4. The Balaban J connectivity index is 4.20. The number of hydrogen-bond donors (Lipinski definition) is 3. The van der Waals surface area contributed by atoms with Gasteiger partial charge in [-0.15, -0.1) is 0 Å². The molecule has 0 aromatic rings. The summed E-state index contributed by atoms with van der Waals surface area (Å²) in [7, 11) is 1.55. The molecule has 0 aliphatic heterocycles. The second-order valence-electron chi connectivity index (χ2n) is 23.5. The van der Waals surface area contributed by atoms with E-state index in [0.717, 1.165) is 109 Å². The molecule has 3 N–H and O–H groups in total. The van der Waals surface area contributed by atoms with E-state index in [4.69, 9.17) is 9.05 Å². The summed E-state index contributed by atoms with van der Waals surface area (Å²) in [6.45, 7) is 4.71. The second kappa shape index (κ2) is 61.5. The molecule has 81 heavy (non-hydrogen) atoms. The quantitative estimate of drug-likeness (QED) is 0.0243. The van der Waals surface area contributed by atoms with Gasteiger partial charge in [-0.1, -0.05) is 302 Å². The lowest BCUT2D eigenvalue weighted by Crippen LogP contribution is -2.45. The fourth-order valence-corrected chi connectivity index (χ4v) is 10.0. The maximum Gasteiger partial charge on any atom is 0.472 e. The van der Waals surface area contributed by atoms with Gasteiger partial charge >= 0.3 is 7.82 Å². The molecule has 8 nitrogen and oxygen atoms in total. The van der Waals surface area contributed by atoms with E-state index in [2.05, 4.69) is 129 Å². The zero-order valence-corrected chi connectivity index (χ0v) is 54.1. The van der Waals surface area contributed by atoms with Crippen LogP contribution in [-0.2, 0) is 18.4 Å². The van der Waals surface area contributed by atoms with Gasteiger partial charge in [0, 0.05) is 6.42 Å². The van der Waals surface area contributed by atoms with E-state index in [1.54, 1.807) is 6.08 Å². The Labute approximate surface area is 501 Å². The Hall–Kier alpha value is -3.10. The highest BCUT2D eigenvalue weighted by atomic mass is 31.2. The Morgan fingerprint density at radius 3 is 1.09 bits per heavy atom. The number of aliphatic hydroxyl groups is 1. The van der Waals surface area contributed by atoms with E-state index in [-0.39, 0.29) is 19.1 Å². The number of carbonyl (C=O) groups excluding carboxylic acids is 1. The highest BCUT2D eigenvalue weighted by molar-refractivity contribution is 7.47. The minimum Gasteiger partial charge on any atom is -0.387 e. The van der Waals surface area contributed by atoms with Crippen molar-refractivity contribution in [2.75, 3.05) is 40.9 Å². The third kappa shape index (κ3) is 64.3. The fourth-order valence-electron chi connectivity index (χ4n) is 9.27. The van der Waals surface area contributed by atoms with Gasteiger partial charge < -0.3 is 19.8 Å². The molecular weight excluding hydrogens is 1020 g/mol. The highest BCUT2D eigenvalue weighted by Crippen LogP contribution is 2.43. The Morgan fingerprint density at radius 1 is 0.432 bits per heavy atom. The predicted octanol–water partition coefficient (Wildman–Crippen LogP) is 21.3. The van der Waals surface area contributed by atoms with Gasteiger partial charge in [0.2, 0.25) is 5.91 Å². The van der Waals surface area contributed by atoms with Crippen molar-refractivity contribution < 1.29 is 32.9 Å². The first-order valence-electron chi connectivity index (χ1n) is 33.4. The summed E-state index contributed by atoms with van der Waals surface area (Å²) in [6, 6.07) is -0.863. The molecular formula is C72H128N2O6P+. The maximum atomic E-state index is 13.0. The normalized spacial score (nSPS) is 14.5. The first-order valence-corrected chi connectivity index (χ1v) is 34.9. The van der Waals surface area contributed by atoms with Crippen LogP contribution < -0.4 is 5.32 Å². The molecule has 0 aromatic heterocycles. The molecule has 0 fully saturated rings. The molecule has 0 saturated heterocycles. The molecule has 0 bridgehead atoms. The van der Waals surface area contributed by atoms with E-state index in [9.17, 15) is 19.4 Å². The molecule has 0 radical (unpaired) electrons. The lowest BCUT2D eigenvalue weighted by atomic mass is 10.0. The number of carbonyl (C=O) groups is 1. The summed E-state index contributed by atoms with van der Waals surface area (Å²) in [5.41, 5.74) is 0. The molecule has 0 aliphatic rings. The topological polar surface area (TPSA) is 105 Å². The number of phosphoric acid groups is 1. The molecule has 466 valence electrons. The van der Waals surface area contributed by atoms with Gasteiger partial charge in [0.25, 0.3) is 0 Å². The van der Waals surface area contributed by atoms with Crippen LogP contribution in [0.4, 0.5) is 0 Å². The van der Waals surface area contributed by atoms with Crippen molar-refractivity contribution in [3.05, 3.63) is 122 Å². The number of likely N-dealkylation sites (N-methyl/N-ethyl adjacent to an activating group) is 1. The van der Waals surface area contributed by atoms with Crippen LogP contribution in [0.15, 0.2) is 122 Å². The van der Waals surface area contributed by atoms with Gasteiger partial charge in [-0.05, 0) is 89.9 Å². The van der Waals surface area contributed by atoms with Crippen LogP contribution in [0.25, 0.3) is 0 Å². The van der Waals surface area contributed by atoms with Gasteiger partial charge in [-0.2, -0.15) is 0 Å². The van der Waals surface area contributed by atoms with Crippen molar-refractivity contribution >= 4 is 13.7 Å². The van der Waals surface area contributed by atoms with Crippen molar-refractivity contribution in [3.63, 3.8) is 0 Å². The van der Waals surface area contributed by atoms with Crippen LogP contribution in [0.3, 0.4) is 0 Å². The van der Waals surface area contributed by atoms with Crippen molar-refractivity contribution in [1.82, 2.24) is 5.32 Å². The van der Waals surface area contributed by atoms with Crippen molar-refractivity contribution in [2.45, 2.75) is 289 Å². The zero-order valence-electron chi connectivity index (χ0n) is 53.2. The van der Waals surface area contributed by atoms with Gasteiger partial charge in [-0.25, -0.2) is 4.57 Å². The smallest absolute Gasteiger partial charge is 0.387 e. The lowest BCUT2D eigenvalue weighted by Gasteiger charge is -2.25. The number of nitrogens with one attached hydrogen (secondary N) is 1. The minimum atomic E-state index is -4.36. The number of rotatable bonds is 60. The number of allylic oxidation sites excluding steroid dienone is 19. The van der Waals surface area contributed by atoms with Gasteiger partial charge in [0.15, 0.2) is 0 Å². The third-order valence-corrected chi connectivity index (χ3v) is 15.4. The van der Waals surface area contributed by atoms with Crippen molar-refractivity contribution in [3.8, 4) is 0 Å². The first-order chi connectivity index (χ1) is 39.5. The first kappa shape index (κ1) is 77.9. The number of hydrogen-bond acceptors (Lipinski definition) is 5. The summed E-state index contributed by atoms with van der Waals surface area (Å²) in [5, 5.41) is 14.0. The number of unbranched alkanes of at least 4 members (excludes halogenated alkanes) is 29. The molecule has 3 atom stereocenters. The maximum absolute atomic E-state index is 13.0. The molecule has 0 spiro atoms. The van der Waals surface area contributed by atoms with Crippen LogP contribution in [-0.4, -0.2) is 73.4 Å². The van der Waals surface area contributed by atoms with Crippen molar-refractivity contribution in [1.29, 1.82) is 0 Å². The largest absolute Gasteiger partial charge is 0.472 e. The number of amides is 1. The number of quaternary nitrogens is 1. The molecule has 0 aliphatic carbocycles. The Morgan fingerprint density at radius 2 is 0.741 bits per heavy atom. The third-order valence-electron chi connectivity index (χ3n) is 14.4. The second-order valence-corrected chi connectivity index (χ2v) is 24.9. The number of aliphatic hydroxyl groups excluding tert-OH is 1. The van der Waals surface area contributed by atoms with Gasteiger partial charge in [0.1, 0.15) is 13.2 Å². The van der Waals surface area contributed by atoms with Gasteiger partial charge in [-0.3, -0.25) is 13.8 Å². The summed E-state index contributed by atoms with van der Waals surface area (Å²) in [5.74, 6) is -0.190. The van der Waals surface area contributed by atoms with Crippen LogP contribution in [0.5, 0.6) is 0 Å². The van der Waals surface area contributed by atoms with Crippen LogP contribution >= 0.6 is 7.82 Å². The molecule has 1 amide bonds. The average molecular weight is 1150 g/mol. The van der Waals surface area contributed by atoms with E-state index in [1.165, 1.54) is 148 Å². The monoisotopic (exact) mass is 1150 g/mol. The lowest BCUT2D eigenvalue weighted by molar-refractivity contribution is -0.870. The van der Waals surface area contributed by atoms with Gasteiger partial charge in [0.05, 0.1) is 39.9 Å². The molecule has 0 rings (SSSR count). The molecule has 0 aromatic carbocycles. The highest BCUT2D eigenvalue weighted by Gasteiger charge is 2.28. The van der Waals surface area contributed by atoms with Crippen LogP contribution in [0.1, 0.15) is 277 Å². The molecule has 0 heterocycles. The Kier molecular flexibility index (Phi) is 59.1. The predicted molar refractivity (Wildman–Crippen MR) is 355 cm³/mol. The molecule has 9 heteroatoms. The van der Waals surface area contributed by atoms with Crippen LogP contribution in [0.2, 0.25) is 0 Å². The average Bonchev–Trinajstić information content (AvgIpc) is 3.43. The standard InChI is InChI=1S/C72H127N2O6P/c1-6-8-10-12-14-16-18-20-22-24-26-28-30-32-33-34-35-36-37-38-39-40-41-42-44-46-48-50-52-54-56-58-60-62-64-66-72(76)73-70(69-80-81(77,78)79-68-67-74(3,4)5)71(75)65-63-61-59-57-55-53-51-49-47-45-43-31-29-27-25-23-21-19-17-15-13-11-9-7-2/h8,10,14,16,20,22,26,28,32-33,35-36,38-39,41-42,46,48,63,65,70-71,75H,6-7,9,11-13,15,17-19,21,23-25,27,29-31,34,37,40,43-45,47,49-62,64,66-69H2,1-5H3,(H-,73,76,77,78)/p+1/b10-8-,16-14-,22-20-,28-26-,33-32-,36-35-,39-38-,42-41-,48-46-,65-63+. The minimum absolute atomic E-state index is 0.0535. The van der Waals surface area contributed by atoms with E-state index in [1.807, 2.05) is 27.2 Å². The van der Waals surface area contributed by atoms with E-state index in [0.29, 0.717) is 17.4 Å². The molecule has 0 saturated carbocycles. The Bertz CT molecular complexity index is 1730. The number of phosphoric ester groups is 1. The van der Waals surface area contributed by atoms with Crippen LogP contribution in [0, 0.1) is 0 Å². The van der Waals surface area contributed by atoms with E-state index >= 15 is 0 Å². The van der Waals surface area contributed by atoms with Crippen molar-refractivity contribution in [2.24, 2.45) is 0 Å². The summed E-state index contributed by atoms with van der Waals surface area (Å²) >= 11 is 0. The zero-order chi connectivity index (χ0) is 59.1. The number of nitrogens with zero attached hydrogens (tertiary/aromatic N) is 1. The SMILES string of the molecule is CC/C=C\C/C=C\C/C=C\C/C=C\C/C=C\C/C=C\C/C=C\C/C=C\C/C=C\CCCCCCCCCC(=O)NC(COP(=O)(O)OCC[N+](C)(C)C)C(O)/C=C/CCCCCCCCCCCCCCCCCCCCCCCC. The van der Waals surface area contributed by atoms with E-state index < -0.39 is 20.0 Å².